The molecule has 0 radical (unpaired) electrons. The number of phenolic OH excluding ortho intramolecular Hbond substituents is 1. The largest absolute Gasteiger partial charge is 0.508 e. The molecule has 6 rings (SSSR count). The van der Waals surface area contributed by atoms with E-state index in [1.165, 1.54) is 17.0 Å². The number of anilines is 1. The first-order valence-electron chi connectivity index (χ1n) is 15.4. The van der Waals surface area contributed by atoms with E-state index in [1.807, 2.05) is 30.3 Å². The molecule has 11 heteroatoms. The van der Waals surface area contributed by atoms with Gasteiger partial charge in [-0.3, -0.25) is 19.5 Å². The highest BCUT2D eigenvalue weighted by atomic mass is 16.5. The quantitative estimate of drug-likeness (QED) is 0.174. The minimum atomic E-state index is -1.73. The standard InChI is InChI=1S/C34H36B2N2O7/c1-20(2)26-18-27-32(34(41)38(33(27)40)24-9-6-8-23(17-24)36(43)44)28-19-35(42)45-30(31(26)28)13-12-22(29-11-3-4-14-37-29)15-21-7-5-10-25(39)16-21/h3-11,14-17,20,27-28,30,32,39,42-44H,12-13,18-19H2,1-2H3/b22-15-/t27-,28+,30-,32-/m1/s1. The molecule has 2 aliphatic heterocycles. The summed E-state index contributed by atoms with van der Waals surface area (Å²) in [4.78, 5) is 33.6. The Kier molecular flexibility index (Phi) is 8.79. The molecule has 2 saturated heterocycles. The number of phenols is 1. The van der Waals surface area contributed by atoms with Gasteiger partial charge >= 0.3 is 14.2 Å². The fourth-order valence-corrected chi connectivity index (χ4v) is 7.26. The third-order valence-electron chi connectivity index (χ3n) is 9.25. The van der Waals surface area contributed by atoms with Crippen LogP contribution >= 0.6 is 0 Å². The lowest BCUT2D eigenvalue weighted by molar-refractivity contribution is -0.122. The summed E-state index contributed by atoms with van der Waals surface area (Å²) in [6, 6.07) is 18.9. The van der Waals surface area contributed by atoms with Crippen molar-refractivity contribution in [2.45, 2.75) is 45.5 Å². The van der Waals surface area contributed by atoms with Crippen molar-refractivity contribution < 1.29 is 34.4 Å². The van der Waals surface area contributed by atoms with Gasteiger partial charge in [-0.2, -0.15) is 0 Å². The highest BCUT2D eigenvalue weighted by molar-refractivity contribution is 6.58. The Morgan fingerprint density at radius 1 is 1.07 bits per heavy atom. The van der Waals surface area contributed by atoms with Gasteiger partial charge in [-0.1, -0.05) is 49.8 Å². The first-order chi connectivity index (χ1) is 21.6. The van der Waals surface area contributed by atoms with Gasteiger partial charge in [0.15, 0.2) is 0 Å². The van der Waals surface area contributed by atoms with Crippen LogP contribution in [-0.4, -0.2) is 57.3 Å². The number of hydrogen-bond donors (Lipinski definition) is 4. The maximum absolute atomic E-state index is 14.1. The zero-order chi connectivity index (χ0) is 31.8. The van der Waals surface area contributed by atoms with Crippen LogP contribution in [0.4, 0.5) is 5.69 Å². The molecule has 1 aliphatic carbocycles. The topological polar surface area (TPSA) is 140 Å². The summed E-state index contributed by atoms with van der Waals surface area (Å²) in [6.07, 6.45) is 4.93. The summed E-state index contributed by atoms with van der Waals surface area (Å²) < 4.78 is 6.20. The molecule has 2 fully saturated rings. The van der Waals surface area contributed by atoms with Crippen molar-refractivity contribution >= 4 is 48.9 Å². The van der Waals surface area contributed by atoms with Crippen molar-refractivity contribution in [2.24, 2.45) is 23.7 Å². The minimum Gasteiger partial charge on any atom is -0.508 e. The average molecular weight is 606 g/mol. The maximum Gasteiger partial charge on any atom is 0.488 e. The third-order valence-corrected chi connectivity index (χ3v) is 9.25. The van der Waals surface area contributed by atoms with Crippen LogP contribution in [0.25, 0.3) is 11.6 Å². The molecular formula is C34H36B2N2O7. The highest BCUT2D eigenvalue weighted by Gasteiger charge is 2.57. The van der Waals surface area contributed by atoms with Gasteiger partial charge in [-0.15, -0.1) is 0 Å². The minimum absolute atomic E-state index is 0.0905. The molecular weight excluding hydrogens is 570 g/mol. The number of rotatable bonds is 8. The number of amides is 2. The molecule has 230 valence electrons. The molecule has 0 unspecified atom stereocenters. The lowest BCUT2D eigenvalue weighted by Crippen LogP contribution is -2.46. The number of hydrogen-bond acceptors (Lipinski definition) is 8. The van der Waals surface area contributed by atoms with E-state index in [9.17, 15) is 29.8 Å². The summed E-state index contributed by atoms with van der Waals surface area (Å²) in [7, 11) is -2.83. The van der Waals surface area contributed by atoms with E-state index >= 15 is 0 Å². The maximum atomic E-state index is 14.1. The molecule has 0 spiro atoms. The zero-order valence-corrected chi connectivity index (χ0v) is 25.3. The Hall–Kier alpha value is -4.02. The molecule has 2 amide bonds. The van der Waals surface area contributed by atoms with Gasteiger partial charge in [0.05, 0.1) is 29.3 Å². The Morgan fingerprint density at radius 3 is 2.58 bits per heavy atom. The number of aromatic hydroxyl groups is 1. The molecule has 2 aromatic carbocycles. The monoisotopic (exact) mass is 606 g/mol. The number of benzene rings is 2. The first-order valence-corrected chi connectivity index (χ1v) is 15.4. The molecule has 1 aromatic heterocycles. The number of allylic oxidation sites excluding steroid dienone is 2. The summed E-state index contributed by atoms with van der Waals surface area (Å²) in [5.41, 5.74) is 5.12. The van der Waals surface area contributed by atoms with Gasteiger partial charge in [-0.25, -0.2) is 0 Å². The van der Waals surface area contributed by atoms with Crippen LogP contribution in [0.15, 0.2) is 84.1 Å². The van der Waals surface area contributed by atoms with Crippen molar-refractivity contribution in [1.82, 2.24) is 4.98 Å². The van der Waals surface area contributed by atoms with E-state index < -0.39 is 32.2 Å². The van der Waals surface area contributed by atoms with E-state index in [-0.39, 0.29) is 41.2 Å². The highest BCUT2D eigenvalue weighted by Crippen LogP contribution is 2.52. The van der Waals surface area contributed by atoms with Gasteiger partial charge in [-0.05, 0) is 102 Å². The van der Waals surface area contributed by atoms with Crippen molar-refractivity contribution in [3.05, 3.63) is 95.3 Å². The van der Waals surface area contributed by atoms with E-state index in [2.05, 4.69) is 18.8 Å². The second-order valence-corrected chi connectivity index (χ2v) is 12.4. The van der Waals surface area contributed by atoms with Crippen LogP contribution in [0.5, 0.6) is 5.75 Å². The zero-order valence-electron chi connectivity index (χ0n) is 25.3. The van der Waals surface area contributed by atoms with E-state index in [0.717, 1.165) is 28.0 Å². The molecule has 4 atom stereocenters. The summed E-state index contributed by atoms with van der Waals surface area (Å²) in [6.45, 7) is 4.15. The number of carbonyl (C=O) groups is 2. The second kappa shape index (κ2) is 12.8. The van der Waals surface area contributed by atoms with E-state index in [4.69, 9.17) is 4.65 Å². The predicted molar refractivity (Wildman–Crippen MR) is 173 cm³/mol. The molecule has 9 nitrogen and oxygen atoms in total. The van der Waals surface area contributed by atoms with Gasteiger partial charge in [0.1, 0.15) is 5.75 Å². The second-order valence-electron chi connectivity index (χ2n) is 12.4. The van der Waals surface area contributed by atoms with Crippen molar-refractivity contribution in [1.29, 1.82) is 0 Å². The molecule has 3 aromatic rings. The van der Waals surface area contributed by atoms with Crippen LogP contribution in [0.1, 0.15) is 44.4 Å². The summed E-state index contributed by atoms with van der Waals surface area (Å²) in [5, 5.41) is 40.4. The first kappa shape index (κ1) is 31.0. The number of pyridine rings is 1. The van der Waals surface area contributed by atoms with Crippen molar-refractivity contribution in [2.75, 3.05) is 4.90 Å². The lowest BCUT2D eigenvalue weighted by Gasteiger charge is -2.44. The lowest BCUT2D eigenvalue weighted by atomic mass is 9.57. The van der Waals surface area contributed by atoms with Crippen molar-refractivity contribution in [3.63, 3.8) is 0 Å². The van der Waals surface area contributed by atoms with Gasteiger partial charge in [0.25, 0.3) is 0 Å². The molecule has 3 heterocycles. The molecule has 4 N–H and O–H groups in total. The SMILES string of the molecule is CC(C)C1=C2[C@@H](CC/C(=C/c3cccc(O)c3)c3ccccn3)OB(O)C[C@@H]2[C@@H]2C(=O)N(c3cccc(B(O)O)c3)C(=O)[C@@H]2C1. The molecule has 0 bridgehead atoms. The number of nitrogens with zero attached hydrogens (tertiary/aromatic N) is 2. The van der Waals surface area contributed by atoms with Gasteiger partial charge in [0, 0.05) is 6.20 Å². The van der Waals surface area contributed by atoms with Crippen LogP contribution in [0.2, 0.25) is 6.32 Å². The summed E-state index contributed by atoms with van der Waals surface area (Å²) >= 11 is 0. The van der Waals surface area contributed by atoms with Crippen LogP contribution in [0.3, 0.4) is 0 Å². The van der Waals surface area contributed by atoms with Crippen molar-refractivity contribution in [3.8, 4) is 5.75 Å². The van der Waals surface area contributed by atoms with Gasteiger partial charge in [0.2, 0.25) is 11.8 Å². The average Bonchev–Trinajstić information content (AvgIpc) is 3.28. The Bertz CT molecular complexity index is 1660. The fourth-order valence-electron chi connectivity index (χ4n) is 7.26. The van der Waals surface area contributed by atoms with E-state index in [0.29, 0.717) is 24.9 Å². The predicted octanol–water partition coefficient (Wildman–Crippen LogP) is 3.45. The number of fused-ring (bicyclic) bond motifs is 3. The Balaban J connectivity index is 1.33. The summed E-state index contributed by atoms with van der Waals surface area (Å²) in [5.74, 6) is -2.01. The Morgan fingerprint density at radius 2 is 1.87 bits per heavy atom. The van der Waals surface area contributed by atoms with Crippen LogP contribution in [-0.2, 0) is 14.2 Å². The third kappa shape index (κ3) is 6.13. The van der Waals surface area contributed by atoms with E-state index in [1.54, 1.807) is 36.5 Å². The van der Waals surface area contributed by atoms with Crippen LogP contribution < -0.4 is 10.4 Å². The van der Waals surface area contributed by atoms with Gasteiger partial charge < -0.3 is 24.8 Å². The number of carbonyl (C=O) groups excluding carboxylic acids is 2. The smallest absolute Gasteiger partial charge is 0.488 e. The molecule has 0 saturated carbocycles. The number of imide groups is 1. The molecule has 3 aliphatic rings. The normalized spacial score (nSPS) is 23.5. The molecule has 45 heavy (non-hydrogen) atoms. The fraction of sp³-hybridized carbons (Fsp3) is 0.324. The van der Waals surface area contributed by atoms with Crippen LogP contribution in [0, 0.1) is 23.7 Å². The number of aromatic nitrogens is 1. The Labute approximate surface area is 263 Å².